The van der Waals surface area contributed by atoms with Crippen molar-refractivity contribution in [3.05, 3.63) is 11.9 Å². The third kappa shape index (κ3) is 2.63. The number of aromatic nitrogens is 2. The van der Waals surface area contributed by atoms with Crippen LogP contribution in [0.5, 0.6) is 5.75 Å². The SMILES string of the molecule is CCCn1ncc(OC)c1C(N)CC1CCC1. The van der Waals surface area contributed by atoms with Gasteiger partial charge in [-0.1, -0.05) is 26.2 Å². The Balaban J connectivity index is 2.11. The standard InChI is InChI=1S/C13H23N3O/c1-3-7-16-13(12(17-2)9-15-16)11(14)8-10-5-4-6-10/h9-11H,3-8,14H2,1-2H3. The highest BCUT2D eigenvalue weighted by Gasteiger charge is 2.25. The molecular weight excluding hydrogens is 214 g/mol. The maximum atomic E-state index is 6.32. The molecule has 1 unspecified atom stereocenters. The van der Waals surface area contributed by atoms with Crippen LogP contribution < -0.4 is 10.5 Å². The first-order chi connectivity index (χ1) is 8.26. The molecule has 0 amide bonds. The van der Waals surface area contributed by atoms with Gasteiger partial charge in [0.2, 0.25) is 0 Å². The second-order valence-electron chi connectivity index (χ2n) is 4.96. The minimum atomic E-state index is 0.0595. The number of rotatable bonds is 6. The van der Waals surface area contributed by atoms with Gasteiger partial charge >= 0.3 is 0 Å². The van der Waals surface area contributed by atoms with Crippen molar-refractivity contribution in [1.29, 1.82) is 0 Å². The van der Waals surface area contributed by atoms with Gasteiger partial charge in [-0.2, -0.15) is 5.10 Å². The largest absolute Gasteiger partial charge is 0.493 e. The van der Waals surface area contributed by atoms with E-state index in [0.29, 0.717) is 0 Å². The molecule has 1 aromatic rings. The average molecular weight is 237 g/mol. The van der Waals surface area contributed by atoms with E-state index >= 15 is 0 Å². The lowest BCUT2D eigenvalue weighted by molar-refractivity contribution is 0.270. The molecule has 96 valence electrons. The summed E-state index contributed by atoms with van der Waals surface area (Å²) in [6, 6.07) is 0.0595. The minimum absolute atomic E-state index is 0.0595. The zero-order chi connectivity index (χ0) is 12.3. The van der Waals surface area contributed by atoms with E-state index in [2.05, 4.69) is 12.0 Å². The van der Waals surface area contributed by atoms with Gasteiger partial charge in [0.1, 0.15) is 0 Å². The van der Waals surface area contributed by atoms with Crippen LogP contribution in [0, 0.1) is 5.92 Å². The highest BCUT2D eigenvalue weighted by Crippen LogP contribution is 2.36. The fourth-order valence-corrected chi connectivity index (χ4v) is 2.50. The van der Waals surface area contributed by atoms with Gasteiger partial charge in [-0.25, -0.2) is 0 Å². The van der Waals surface area contributed by atoms with Crippen molar-refractivity contribution >= 4 is 0 Å². The molecule has 1 aliphatic carbocycles. The second kappa shape index (κ2) is 5.54. The Labute approximate surface area is 103 Å². The topological polar surface area (TPSA) is 53.1 Å². The summed E-state index contributed by atoms with van der Waals surface area (Å²) in [5.74, 6) is 1.64. The van der Waals surface area contributed by atoms with Gasteiger partial charge in [0.15, 0.2) is 5.75 Å². The van der Waals surface area contributed by atoms with Gasteiger partial charge < -0.3 is 10.5 Å². The summed E-state index contributed by atoms with van der Waals surface area (Å²) in [5.41, 5.74) is 7.39. The van der Waals surface area contributed by atoms with Crippen LogP contribution in [0.15, 0.2) is 6.20 Å². The van der Waals surface area contributed by atoms with Crippen LogP contribution in [0.4, 0.5) is 0 Å². The van der Waals surface area contributed by atoms with E-state index in [1.54, 1.807) is 13.3 Å². The second-order valence-corrected chi connectivity index (χ2v) is 4.96. The Kier molecular flexibility index (Phi) is 4.05. The first-order valence-electron chi connectivity index (χ1n) is 6.61. The first-order valence-corrected chi connectivity index (χ1v) is 6.61. The summed E-state index contributed by atoms with van der Waals surface area (Å²) in [4.78, 5) is 0. The van der Waals surface area contributed by atoms with Crippen molar-refractivity contribution in [1.82, 2.24) is 9.78 Å². The fourth-order valence-electron chi connectivity index (χ4n) is 2.50. The molecule has 1 aliphatic rings. The summed E-state index contributed by atoms with van der Waals surface area (Å²) >= 11 is 0. The predicted octanol–water partition coefficient (Wildman–Crippen LogP) is 2.49. The van der Waals surface area contributed by atoms with Crippen molar-refractivity contribution < 1.29 is 4.74 Å². The number of ether oxygens (including phenoxy) is 1. The number of aryl methyl sites for hydroxylation is 1. The Morgan fingerprint density at radius 2 is 2.35 bits per heavy atom. The summed E-state index contributed by atoms with van der Waals surface area (Å²) in [7, 11) is 1.69. The summed E-state index contributed by atoms with van der Waals surface area (Å²) in [6.45, 7) is 3.06. The molecule has 1 saturated carbocycles. The van der Waals surface area contributed by atoms with Crippen LogP contribution in [-0.2, 0) is 6.54 Å². The van der Waals surface area contributed by atoms with E-state index in [1.165, 1.54) is 19.3 Å². The maximum Gasteiger partial charge on any atom is 0.161 e. The van der Waals surface area contributed by atoms with E-state index < -0.39 is 0 Å². The molecule has 0 aromatic carbocycles. The molecule has 4 heteroatoms. The monoisotopic (exact) mass is 237 g/mol. The predicted molar refractivity (Wildman–Crippen MR) is 68.0 cm³/mol. The molecule has 4 nitrogen and oxygen atoms in total. The maximum absolute atomic E-state index is 6.32. The van der Waals surface area contributed by atoms with Crippen molar-refractivity contribution in [2.45, 2.75) is 51.6 Å². The average Bonchev–Trinajstić information content (AvgIpc) is 2.67. The van der Waals surface area contributed by atoms with Gasteiger partial charge in [-0.3, -0.25) is 4.68 Å². The molecule has 17 heavy (non-hydrogen) atoms. The van der Waals surface area contributed by atoms with E-state index in [0.717, 1.165) is 36.7 Å². The lowest BCUT2D eigenvalue weighted by Gasteiger charge is -2.28. The Morgan fingerprint density at radius 1 is 1.59 bits per heavy atom. The van der Waals surface area contributed by atoms with Crippen LogP contribution in [0.2, 0.25) is 0 Å². The molecular formula is C13H23N3O. The van der Waals surface area contributed by atoms with E-state index in [4.69, 9.17) is 10.5 Å². The Morgan fingerprint density at radius 3 is 2.88 bits per heavy atom. The van der Waals surface area contributed by atoms with Gasteiger partial charge in [0.05, 0.1) is 25.0 Å². The molecule has 1 heterocycles. The molecule has 2 N–H and O–H groups in total. The minimum Gasteiger partial charge on any atom is -0.493 e. The smallest absolute Gasteiger partial charge is 0.161 e. The normalized spacial score (nSPS) is 17.8. The number of methoxy groups -OCH3 is 1. The molecule has 0 radical (unpaired) electrons. The van der Waals surface area contributed by atoms with Crippen LogP contribution in [0.1, 0.15) is 50.8 Å². The van der Waals surface area contributed by atoms with Crippen molar-refractivity contribution in [3.63, 3.8) is 0 Å². The van der Waals surface area contributed by atoms with Crippen molar-refractivity contribution in [3.8, 4) is 5.75 Å². The Hall–Kier alpha value is -1.03. The highest BCUT2D eigenvalue weighted by atomic mass is 16.5. The van der Waals surface area contributed by atoms with Crippen LogP contribution in [0.25, 0.3) is 0 Å². The molecule has 1 fully saturated rings. The van der Waals surface area contributed by atoms with E-state index in [1.807, 2.05) is 4.68 Å². The van der Waals surface area contributed by atoms with Crippen molar-refractivity contribution in [2.24, 2.45) is 11.7 Å². The molecule has 1 aromatic heterocycles. The summed E-state index contributed by atoms with van der Waals surface area (Å²) in [6.07, 6.45) is 7.93. The van der Waals surface area contributed by atoms with E-state index in [-0.39, 0.29) is 6.04 Å². The number of nitrogens with zero attached hydrogens (tertiary/aromatic N) is 2. The lowest BCUT2D eigenvalue weighted by atomic mass is 9.80. The zero-order valence-corrected chi connectivity index (χ0v) is 10.9. The molecule has 0 spiro atoms. The van der Waals surface area contributed by atoms with Gasteiger partial charge in [-0.15, -0.1) is 0 Å². The van der Waals surface area contributed by atoms with Gasteiger partial charge in [-0.05, 0) is 18.8 Å². The molecule has 0 saturated heterocycles. The fraction of sp³-hybridized carbons (Fsp3) is 0.769. The van der Waals surface area contributed by atoms with Gasteiger partial charge in [0.25, 0.3) is 0 Å². The summed E-state index contributed by atoms with van der Waals surface area (Å²) in [5, 5.41) is 4.36. The molecule has 0 bridgehead atoms. The van der Waals surface area contributed by atoms with Crippen molar-refractivity contribution in [2.75, 3.05) is 7.11 Å². The van der Waals surface area contributed by atoms with E-state index in [9.17, 15) is 0 Å². The van der Waals surface area contributed by atoms with Crippen LogP contribution in [-0.4, -0.2) is 16.9 Å². The lowest BCUT2D eigenvalue weighted by Crippen LogP contribution is -2.23. The highest BCUT2D eigenvalue weighted by molar-refractivity contribution is 5.28. The molecule has 1 atom stereocenters. The van der Waals surface area contributed by atoms with Gasteiger partial charge in [0, 0.05) is 6.54 Å². The summed E-state index contributed by atoms with van der Waals surface area (Å²) < 4.78 is 7.37. The zero-order valence-electron chi connectivity index (χ0n) is 10.9. The number of hydrogen-bond donors (Lipinski definition) is 1. The Bertz CT molecular complexity index is 358. The first kappa shape index (κ1) is 12.4. The van der Waals surface area contributed by atoms with Crippen LogP contribution in [0.3, 0.4) is 0 Å². The third-order valence-electron chi connectivity index (χ3n) is 3.66. The molecule has 0 aliphatic heterocycles. The molecule has 2 rings (SSSR count). The number of hydrogen-bond acceptors (Lipinski definition) is 3. The third-order valence-corrected chi connectivity index (χ3v) is 3.66. The number of nitrogens with two attached hydrogens (primary N) is 1. The van der Waals surface area contributed by atoms with Crippen LogP contribution >= 0.6 is 0 Å². The quantitative estimate of drug-likeness (QED) is 0.827.